The van der Waals surface area contributed by atoms with Crippen LogP contribution in [0, 0.1) is 0 Å². The second kappa shape index (κ2) is 9.49. The highest BCUT2D eigenvalue weighted by molar-refractivity contribution is 5.99. The number of para-hydroxylation sites is 1. The Morgan fingerprint density at radius 3 is 2.62 bits per heavy atom. The summed E-state index contributed by atoms with van der Waals surface area (Å²) in [6.07, 6.45) is 2.40. The van der Waals surface area contributed by atoms with Crippen LogP contribution in [0.15, 0.2) is 79.0 Å². The lowest BCUT2D eigenvalue weighted by Gasteiger charge is -2.17. The number of nitrogens with one attached hydrogen (secondary N) is 2. The number of aliphatic hydroxyl groups is 1. The van der Waals surface area contributed by atoms with Crippen LogP contribution in [-0.2, 0) is 11.2 Å². The summed E-state index contributed by atoms with van der Waals surface area (Å²) in [6, 6.07) is 21.6. The predicted molar refractivity (Wildman–Crippen MR) is 124 cm³/mol. The van der Waals surface area contributed by atoms with Crippen LogP contribution in [0.25, 0.3) is 22.0 Å². The number of aromatic amines is 1. The van der Waals surface area contributed by atoms with Crippen molar-refractivity contribution >= 4 is 22.8 Å². The van der Waals surface area contributed by atoms with Crippen LogP contribution in [0.1, 0.15) is 26.3 Å². The maximum Gasteiger partial charge on any atom is 0.338 e. The van der Waals surface area contributed by atoms with Gasteiger partial charge < -0.3 is 20.1 Å². The van der Waals surface area contributed by atoms with Crippen LogP contribution in [0.2, 0.25) is 0 Å². The second-order valence-corrected chi connectivity index (χ2v) is 7.53. The van der Waals surface area contributed by atoms with Gasteiger partial charge in [0.2, 0.25) is 0 Å². The lowest BCUT2D eigenvalue weighted by molar-refractivity contribution is 0.0601. The molecule has 3 N–H and O–H groups in total. The Balaban J connectivity index is 1.54. The molecule has 0 bridgehead atoms. The molecule has 1 amide bonds. The molecule has 6 nitrogen and oxygen atoms in total. The van der Waals surface area contributed by atoms with E-state index in [-0.39, 0.29) is 12.5 Å². The third-order valence-electron chi connectivity index (χ3n) is 5.46. The molecule has 0 saturated heterocycles. The SMILES string of the molecule is COC(=O)c1ccccc1-c1cccc(C(=O)N[C@@H](CO)Cc2c[nH]c3ccccc23)c1. The van der Waals surface area contributed by atoms with Crippen LogP contribution in [0.4, 0.5) is 0 Å². The topological polar surface area (TPSA) is 91.4 Å². The first-order chi connectivity index (χ1) is 15.6. The predicted octanol–water partition coefficient (Wildman–Crippen LogP) is 3.95. The van der Waals surface area contributed by atoms with Gasteiger partial charge in [-0.1, -0.05) is 48.5 Å². The number of H-pyrrole nitrogens is 1. The molecule has 1 aromatic heterocycles. The summed E-state index contributed by atoms with van der Waals surface area (Å²) in [5, 5.41) is 13.9. The van der Waals surface area contributed by atoms with Crippen molar-refractivity contribution in [2.75, 3.05) is 13.7 Å². The number of carbonyl (C=O) groups excluding carboxylic acids is 2. The van der Waals surface area contributed by atoms with E-state index in [0.29, 0.717) is 23.1 Å². The Hall–Kier alpha value is -3.90. The van der Waals surface area contributed by atoms with Gasteiger partial charge in [0, 0.05) is 22.7 Å². The first-order valence-corrected chi connectivity index (χ1v) is 10.3. The summed E-state index contributed by atoms with van der Waals surface area (Å²) in [5.41, 5.74) is 4.34. The summed E-state index contributed by atoms with van der Waals surface area (Å²) >= 11 is 0. The van der Waals surface area contributed by atoms with Gasteiger partial charge in [0.05, 0.1) is 25.3 Å². The van der Waals surface area contributed by atoms with Gasteiger partial charge in [0.25, 0.3) is 5.91 Å². The lowest BCUT2D eigenvalue weighted by Crippen LogP contribution is -2.39. The molecule has 4 aromatic rings. The van der Waals surface area contributed by atoms with Gasteiger partial charge in [0.15, 0.2) is 0 Å². The number of hydrogen-bond donors (Lipinski definition) is 3. The van der Waals surface area contributed by atoms with Crippen molar-refractivity contribution < 1.29 is 19.4 Å². The van der Waals surface area contributed by atoms with E-state index in [9.17, 15) is 14.7 Å². The Morgan fingerprint density at radius 1 is 1.03 bits per heavy atom. The molecule has 4 rings (SSSR count). The highest BCUT2D eigenvalue weighted by Gasteiger charge is 2.17. The van der Waals surface area contributed by atoms with Gasteiger partial charge in [-0.3, -0.25) is 4.79 Å². The number of esters is 1. The Morgan fingerprint density at radius 2 is 1.81 bits per heavy atom. The van der Waals surface area contributed by atoms with Gasteiger partial charge in [0.1, 0.15) is 0 Å². The molecule has 0 saturated carbocycles. The number of aliphatic hydroxyl groups excluding tert-OH is 1. The lowest BCUT2D eigenvalue weighted by atomic mass is 9.97. The van der Waals surface area contributed by atoms with Crippen molar-refractivity contribution in [3.8, 4) is 11.1 Å². The summed E-state index contributed by atoms with van der Waals surface area (Å²) in [4.78, 5) is 28.3. The third-order valence-corrected chi connectivity index (χ3v) is 5.46. The van der Waals surface area contributed by atoms with E-state index >= 15 is 0 Å². The smallest absolute Gasteiger partial charge is 0.338 e. The second-order valence-electron chi connectivity index (χ2n) is 7.53. The summed E-state index contributed by atoms with van der Waals surface area (Å²) in [5.74, 6) is -0.726. The standard InChI is InChI=1S/C26H24N2O4/c1-32-26(31)23-11-3-2-9-21(23)17-7-6-8-18(13-17)25(30)28-20(16-29)14-19-15-27-24-12-5-4-10-22(19)24/h2-13,15,20,27,29H,14,16H2,1H3,(H,28,30)/t20-/m1/s1. The molecule has 3 aromatic carbocycles. The number of benzene rings is 3. The van der Waals surface area contributed by atoms with Crippen molar-refractivity contribution in [1.82, 2.24) is 10.3 Å². The number of amides is 1. The fourth-order valence-electron chi connectivity index (χ4n) is 3.85. The monoisotopic (exact) mass is 428 g/mol. The zero-order valence-corrected chi connectivity index (χ0v) is 17.7. The Bertz CT molecular complexity index is 1260. The molecule has 1 heterocycles. The van der Waals surface area contributed by atoms with E-state index in [1.807, 2.05) is 48.7 Å². The van der Waals surface area contributed by atoms with Gasteiger partial charge >= 0.3 is 5.97 Å². The van der Waals surface area contributed by atoms with E-state index in [2.05, 4.69) is 10.3 Å². The van der Waals surface area contributed by atoms with Crippen molar-refractivity contribution in [3.63, 3.8) is 0 Å². The molecule has 0 aliphatic carbocycles. The van der Waals surface area contributed by atoms with E-state index in [1.54, 1.807) is 30.3 Å². The van der Waals surface area contributed by atoms with Crippen molar-refractivity contribution in [2.45, 2.75) is 12.5 Å². The molecule has 162 valence electrons. The van der Waals surface area contributed by atoms with Crippen molar-refractivity contribution in [1.29, 1.82) is 0 Å². The minimum absolute atomic E-state index is 0.184. The van der Waals surface area contributed by atoms with Crippen LogP contribution in [0.3, 0.4) is 0 Å². The fraction of sp³-hybridized carbons (Fsp3) is 0.154. The average Bonchev–Trinajstić information content (AvgIpc) is 3.26. The first-order valence-electron chi connectivity index (χ1n) is 10.3. The molecule has 1 atom stereocenters. The van der Waals surface area contributed by atoms with Crippen LogP contribution in [0.5, 0.6) is 0 Å². The first kappa shape index (κ1) is 21.3. The van der Waals surface area contributed by atoms with Crippen LogP contribution < -0.4 is 5.32 Å². The van der Waals surface area contributed by atoms with Gasteiger partial charge in [-0.05, 0) is 47.4 Å². The van der Waals surface area contributed by atoms with E-state index < -0.39 is 12.0 Å². The van der Waals surface area contributed by atoms with E-state index in [4.69, 9.17) is 4.74 Å². The number of hydrogen-bond acceptors (Lipinski definition) is 4. The number of ether oxygens (including phenoxy) is 1. The molecule has 6 heteroatoms. The Labute approximate surface area is 185 Å². The third kappa shape index (κ3) is 4.40. The number of rotatable bonds is 7. The summed E-state index contributed by atoms with van der Waals surface area (Å²) in [6.45, 7) is -0.184. The molecule has 0 spiro atoms. The highest BCUT2D eigenvalue weighted by Crippen LogP contribution is 2.25. The van der Waals surface area contributed by atoms with Gasteiger partial charge in [-0.2, -0.15) is 0 Å². The zero-order chi connectivity index (χ0) is 22.5. The summed E-state index contributed by atoms with van der Waals surface area (Å²) < 4.78 is 4.88. The normalized spacial score (nSPS) is 11.8. The van der Waals surface area contributed by atoms with Gasteiger partial charge in [-0.15, -0.1) is 0 Å². The van der Waals surface area contributed by atoms with Crippen molar-refractivity contribution in [2.24, 2.45) is 0 Å². The maximum atomic E-state index is 12.9. The minimum atomic E-state index is -0.437. The number of fused-ring (bicyclic) bond motifs is 1. The number of aromatic nitrogens is 1. The molecule has 32 heavy (non-hydrogen) atoms. The fourth-order valence-corrected chi connectivity index (χ4v) is 3.85. The maximum absolute atomic E-state index is 12.9. The number of carbonyl (C=O) groups is 2. The van der Waals surface area contributed by atoms with Crippen LogP contribution >= 0.6 is 0 Å². The summed E-state index contributed by atoms with van der Waals surface area (Å²) in [7, 11) is 1.34. The molecule has 0 aliphatic heterocycles. The largest absolute Gasteiger partial charge is 0.465 e. The molecule has 0 unspecified atom stereocenters. The average molecular weight is 428 g/mol. The molecule has 0 fully saturated rings. The molecular weight excluding hydrogens is 404 g/mol. The highest BCUT2D eigenvalue weighted by atomic mass is 16.5. The van der Waals surface area contributed by atoms with E-state index in [0.717, 1.165) is 22.0 Å². The van der Waals surface area contributed by atoms with Gasteiger partial charge in [-0.25, -0.2) is 4.79 Å². The molecule has 0 radical (unpaired) electrons. The van der Waals surface area contributed by atoms with E-state index in [1.165, 1.54) is 7.11 Å². The zero-order valence-electron chi connectivity index (χ0n) is 17.7. The van der Waals surface area contributed by atoms with Crippen molar-refractivity contribution in [3.05, 3.63) is 95.7 Å². The molecular formula is C26H24N2O4. The van der Waals surface area contributed by atoms with Crippen LogP contribution in [-0.4, -0.2) is 41.7 Å². The minimum Gasteiger partial charge on any atom is -0.465 e. The number of methoxy groups -OCH3 is 1. The quantitative estimate of drug-likeness (QED) is 0.389. The Kier molecular flexibility index (Phi) is 6.33. The molecule has 0 aliphatic rings.